The molecule has 0 atom stereocenters. The van der Waals surface area contributed by atoms with Gasteiger partial charge in [0.2, 0.25) is 5.12 Å². The van der Waals surface area contributed by atoms with Crippen LogP contribution in [0.2, 0.25) is 0 Å². The second-order valence-electron chi connectivity index (χ2n) is 2.35. The third kappa shape index (κ3) is 1.94. The Morgan fingerprint density at radius 2 is 2.18 bits per heavy atom. The normalized spacial score (nSPS) is 9.73. The molecule has 0 heterocycles. The summed E-state index contributed by atoms with van der Waals surface area (Å²) in [6, 6.07) is 5.53. The minimum atomic E-state index is -0.213. The van der Waals surface area contributed by atoms with Gasteiger partial charge in [-0.15, -0.1) is 12.6 Å². The summed E-state index contributed by atoms with van der Waals surface area (Å²) in [7, 11) is 3.33. The van der Waals surface area contributed by atoms with Gasteiger partial charge in [0.1, 0.15) is 0 Å². The van der Waals surface area contributed by atoms with Crippen molar-refractivity contribution in [3.05, 3.63) is 29.3 Å². The zero-order valence-electron chi connectivity index (χ0n) is 6.09. The summed E-state index contributed by atoms with van der Waals surface area (Å²) in [6.07, 6.45) is 0. The van der Waals surface area contributed by atoms with Gasteiger partial charge in [0.05, 0.1) is 10.2 Å². The fourth-order valence-corrected chi connectivity index (χ4v) is 1.57. The Balaban J connectivity index is 3.20. The van der Waals surface area contributed by atoms with E-state index >= 15 is 0 Å². The summed E-state index contributed by atoms with van der Waals surface area (Å²) < 4.78 is 0. The van der Waals surface area contributed by atoms with E-state index in [4.69, 9.17) is 0 Å². The molecule has 0 bridgehead atoms. The van der Waals surface area contributed by atoms with Crippen LogP contribution in [0.25, 0.3) is 0 Å². The highest BCUT2D eigenvalue weighted by Crippen LogP contribution is 2.02. The van der Waals surface area contributed by atoms with Crippen molar-refractivity contribution >= 4 is 33.2 Å². The Labute approximate surface area is 74.6 Å². The highest BCUT2D eigenvalue weighted by Gasteiger charge is 2.02. The molecule has 3 heteroatoms. The lowest BCUT2D eigenvalue weighted by atomic mass is 10.2. The third-order valence-corrected chi connectivity index (χ3v) is 2.06. The number of carbonyl (C=O) groups excluding carboxylic acids is 1. The first-order valence-electron chi connectivity index (χ1n) is 3.17. The first kappa shape index (κ1) is 8.55. The Morgan fingerprint density at radius 1 is 1.55 bits per heavy atom. The second-order valence-corrected chi connectivity index (χ2v) is 3.30. The summed E-state index contributed by atoms with van der Waals surface area (Å²) in [5.74, 6) is 0. The van der Waals surface area contributed by atoms with E-state index in [0.29, 0.717) is 5.56 Å². The van der Waals surface area contributed by atoms with Crippen molar-refractivity contribution in [1.82, 2.24) is 0 Å². The first-order valence-corrected chi connectivity index (χ1v) is 4.11. The number of thiol groups is 1. The lowest BCUT2D eigenvalue weighted by molar-refractivity contribution is 0.109. The van der Waals surface area contributed by atoms with Crippen molar-refractivity contribution < 1.29 is 4.79 Å². The summed E-state index contributed by atoms with van der Waals surface area (Å²) in [5, 5.41) is 0.583. The monoisotopic (exact) mass is 179 g/mol. The van der Waals surface area contributed by atoms with Crippen molar-refractivity contribution in [3.63, 3.8) is 0 Å². The summed E-state index contributed by atoms with van der Waals surface area (Å²) in [6.45, 7) is 1.97. The van der Waals surface area contributed by atoms with E-state index in [1.165, 1.54) is 0 Å². The van der Waals surface area contributed by atoms with Crippen molar-refractivity contribution in [2.45, 2.75) is 6.92 Å². The summed E-state index contributed by atoms with van der Waals surface area (Å²) in [4.78, 5) is 10.8. The van der Waals surface area contributed by atoms with Gasteiger partial charge in [0, 0.05) is 5.56 Å². The molecular weight excluding hydrogens is 172 g/mol. The quantitative estimate of drug-likeness (QED) is 0.500. The maximum atomic E-state index is 10.8. The Morgan fingerprint density at radius 3 is 2.64 bits per heavy atom. The van der Waals surface area contributed by atoms with E-state index in [9.17, 15) is 4.79 Å². The standard InChI is InChI=1S/C8H7OSSi/c1-5-2-3-6(8(9)10)7(11)4-5/h2-4H,1H3,(H,9,10). The smallest absolute Gasteiger partial charge is 0.216 e. The topological polar surface area (TPSA) is 17.1 Å². The molecule has 55 valence electrons. The highest BCUT2D eigenvalue weighted by molar-refractivity contribution is 7.97. The molecule has 1 nitrogen and oxygen atoms in total. The number of aryl methyl sites for hydroxylation is 1. The molecule has 1 rings (SSSR count). The van der Waals surface area contributed by atoms with E-state index in [0.717, 1.165) is 10.8 Å². The van der Waals surface area contributed by atoms with Gasteiger partial charge in [-0.25, -0.2) is 0 Å². The number of carbonyl (C=O) groups is 1. The molecule has 1 aromatic carbocycles. The minimum Gasteiger partial charge on any atom is -0.282 e. The van der Waals surface area contributed by atoms with E-state index in [2.05, 4.69) is 22.9 Å². The lowest BCUT2D eigenvalue weighted by Gasteiger charge is -2.00. The van der Waals surface area contributed by atoms with Crippen molar-refractivity contribution in [2.24, 2.45) is 0 Å². The van der Waals surface area contributed by atoms with Crippen LogP contribution < -0.4 is 5.19 Å². The predicted molar refractivity (Wildman–Crippen MR) is 49.9 cm³/mol. The summed E-state index contributed by atoms with van der Waals surface area (Å²) in [5.41, 5.74) is 1.73. The van der Waals surface area contributed by atoms with Gasteiger partial charge in [0.25, 0.3) is 0 Å². The predicted octanol–water partition coefficient (Wildman–Crippen LogP) is 0.859. The molecule has 0 aliphatic heterocycles. The van der Waals surface area contributed by atoms with Crippen molar-refractivity contribution in [3.8, 4) is 0 Å². The van der Waals surface area contributed by atoms with Gasteiger partial charge in [-0.3, -0.25) is 4.79 Å². The Kier molecular flexibility index (Phi) is 2.52. The van der Waals surface area contributed by atoms with Crippen LogP contribution in [0.4, 0.5) is 0 Å². The molecule has 11 heavy (non-hydrogen) atoms. The molecule has 0 N–H and O–H groups in total. The first-order chi connectivity index (χ1) is 5.11. The second kappa shape index (κ2) is 3.24. The molecule has 0 unspecified atom stereocenters. The van der Waals surface area contributed by atoms with Gasteiger partial charge in [-0.2, -0.15) is 0 Å². The molecule has 3 radical (unpaired) electrons. The Hall–Kier alpha value is -0.543. The molecule has 0 aromatic heterocycles. The van der Waals surface area contributed by atoms with Crippen LogP contribution in [0, 0.1) is 6.92 Å². The van der Waals surface area contributed by atoms with Gasteiger partial charge < -0.3 is 0 Å². The maximum Gasteiger partial charge on any atom is 0.216 e. The van der Waals surface area contributed by atoms with Crippen LogP contribution in [0.15, 0.2) is 18.2 Å². The molecule has 0 spiro atoms. The van der Waals surface area contributed by atoms with Gasteiger partial charge in [-0.05, 0) is 6.92 Å². The van der Waals surface area contributed by atoms with Crippen molar-refractivity contribution in [2.75, 3.05) is 0 Å². The molecule has 0 aliphatic rings. The number of hydrogen-bond donors (Lipinski definition) is 1. The van der Waals surface area contributed by atoms with Crippen LogP contribution in [-0.2, 0) is 0 Å². The fraction of sp³-hybridized carbons (Fsp3) is 0.125. The van der Waals surface area contributed by atoms with Crippen LogP contribution in [0.3, 0.4) is 0 Å². The molecule has 0 amide bonds. The fourth-order valence-electron chi connectivity index (χ4n) is 0.845. The highest BCUT2D eigenvalue weighted by atomic mass is 32.1. The average molecular weight is 179 g/mol. The zero-order valence-corrected chi connectivity index (χ0v) is 7.98. The van der Waals surface area contributed by atoms with Gasteiger partial charge >= 0.3 is 0 Å². The van der Waals surface area contributed by atoms with Crippen LogP contribution in [0.1, 0.15) is 15.9 Å². The van der Waals surface area contributed by atoms with E-state index < -0.39 is 0 Å². The minimum absolute atomic E-state index is 0.213. The molecule has 1 aromatic rings. The average Bonchev–Trinajstić information content (AvgIpc) is 1.85. The van der Waals surface area contributed by atoms with Crippen LogP contribution in [0.5, 0.6) is 0 Å². The number of rotatable bonds is 1. The number of hydrogen-bond acceptors (Lipinski definition) is 1. The van der Waals surface area contributed by atoms with E-state index in [1.54, 1.807) is 6.07 Å². The molecular formula is C8H7OSSi. The Bertz CT molecular complexity index is 296. The molecule has 0 saturated heterocycles. The van der Waals surface area contributed by atoms with E-state index in [-0.39, 0.29) is 5.12 Å². The SMILES string of the molecule is Cc1ccc(C(=O)S)c([Si])c1. The molecule has 0 aliphatic carbocycles. The molecule has 0 saturated carbocycles. The summed E-state index contributed by atoms with van der Waals surface area (Å²) >= 11 is 3.72. The third-order valence-electron chi connectivity index (χ3n) is 1.41. The number of benzene rings is 1. The van der Waals surface area contributed by atoms with Gasteiger partial charge in [-0.1, -0.05) is 28.9 Å². The van der Waals surface area contributed by atoms with Crippen LogP contribution >= 0.6 is 12.6 Å². The maximum absolute atomic E-state index is 10.8. The lowest BCUT2D eigenvalue weighted by Crippen LogP contribution is -2.12. The van der Waals surface area contributed by atoms with E-state index in [1.807, 2.05) is 19.1 Å². The van der Waals surface area contributed by atoms with Crippen LogP contribution in [-0.4, -0.2) is 15.4 Å². The van der Waals surface area contributed by atoms with Crippen molar-refractivity contribution in [1.29, 1.82) is 0 Å². The molecule has 0 fully saturated rings. The van der Waals surface area contributed by atoms with Gasteiger partial charge in [0.15, 0.2) is 0 Å². The zero-order chi connectivity index (χ0) is 8.43. The largest absolute Gasteiger partial charge is 0.282 e.